The number of amides is 1. The standard InChI is InChI=1S/C16H14N6O/c23-16(21-8-13(9-21)14-3-1-2-5-17-14)12-4-6-18-15(7-12)22-10-19-20-11-22/h1-7,10-11,13H,8-9H2. The van der Waals surface area contributed by atoms with Crippen molar-refractivity contribution in [2.45, 2.75) is 5.92 Å². The molecule has 0 saturated carbocycles. The summed E-state index contributed by atoms with van der Waals surface area (Å²) in [7, 11) is 0. The number of hydrogen-bond donors (Lipinski definition) is 0. The van der Waals surface area contributed by atoms with E-state index in [9.17, 15) is 4.79 Å². The molecule has 0 unspecified atom stereocenters. The number of likely N-dealkylation sites (tertiary alicyclic amines) is 1. The molecular formula is C16H14N6O. The van der Waals surface area contributed by atoms with Crippen molar-refractivity contribution in [3.05, 3.63) is 66.6 Å². The van der Waals surface area contributed by atoms with Gasteiger partial charge in [-0.05, 0) is 24.3 Å². The molecule has 0 aliphatic carbocycles. The Kier molecular flexibility index (Phi) is 3.30. The Morgan fingerprint density at radius 3 is 2.61 bits per heavy atom. The Morgan fingerprint density at radius 2 is 1.87 bits per heavy atom. The van der Waals surface area contributed by atoms with Gasteiger partial charge in [0.05, 0.1) is 0 Å². The van der Waals surface area contributed by atoms with Crippen LogP contribution in [0.2, 0.25) is 0 Å². The molecule has 114 valence electrons. The third kappa shape index (κ3) is 2.57. The lowest BCUT2D eigenvalue weighted by Crippen LogP contribution is -2.48. The second-order valence-electron chi connectivity index (χ2n) is 5.43. The molecule has 1 aliphatic rings. The van der Waals surface area contributed by atoms with Crippen LogP contribution in [0.1, 0.15) is 22.0 Å². The van der Waals surface area contributed by atoms with E-state index < -0.39 is 0 Å². The highest BCUT2D eigenvalue weighted by Crippen LogP contribution is 2.26. The minimum Gasteiger partial charge on any atom is -0.337 e. The molecule has 0 atom stereocenters. The van der Waals surface area contributed by atoms with Crippen molar-refractivity contribution in [1.29, 1.82) is 0 Å². The highest BCUT2D eigenvalue weighted by atomic mass is 16.2. The number of rotatable bonds is 3. The highest BCUT2D eigenvalue weighted by molar-refractivity contribution is 5.95. The first-order valence-electron chi connectivity index (χ1n) is 7.32. The quantitative estimate of drug-likeness (QED) is 0.729. The fourth-order valence-corrected chi connectivity index (χ4v) is 2.64. The molecule has 4 rings (SSSR count). The smallest absolute Gasteiger partial charge is 0.254 e. The van der Waals surface area contributed by atoms with Crippen LogP contribution < -0.4 is 0 Å². The largest absolute Gasteiger partial charge is 0.337 e. The summed E-state index contributed by atoms with van der Waals surface area (Å²) in [6.07, 6.45) is 6.52. The van der Waals surface area contributed by atoms with Gasteiger partial charge in [-0.3, -0.25) is 14.3 Å². The van der Waals surface area contributed by atoms with Crippen molar-refractivity contribution in [3.8, 4) is 5.82 Å². The summed E-state index contributed by atoms with van der Waals surface area (Å²) in [5.41, 5.74) is 1.65. The number of hydrogen-bond acceptors (Lipinski definition) is 5. The van der Waals surface area contributed by atoms with E-state index in [0.29, 0.717) is 30.4 Å². The Bertz CT molecular complexity index is 812. The van der Waals surface area contributed by atoms with E-state index in [0.717, 1.165) is 5.69 Å². The summed E-state index contributed by atoms with van der Waals surface area (Å²) < 4.78 is 1.67. The summed E-state index contributed by atoms with van der Waals surface area (Å²) in [5, 5.41) is 7.50. The Balaban J connectivity index is 1.48. The molecule has 4 heterocycles. The molecule has 0 bridgehead atoms. The van der Waals surface area contributed by atoms with E-state index in [-0.39, 0.29) is 5.91 Å². The Hall–Kier alpha value is -3.09. The van der Waals surface area contributed by atoms with Crippen LogP contribution in [-0.2, 0) is 0 Å². The van der Waals surface area contributed by atoms with Crippen molar-refractivity contribution in [2.75, 3.05) is 13.1 Å². The Morgan fingerprint density at radius 1 is 1.04 bits per heavy atom. The minimum atomic E-state index is 0.00825. The zero-order valence-electron chi connectivity index (χ0n) is 12.3. The normalized spacial score (nSPS) is 14.5. The zero-order chi connectivity index (χ0) is 15.6. The number of carbonyl (C=O) groups is 1. The lowest BCUT2D eigenvalue weighted by atomic mass is 9.95. The van der Waals surface area contributed by atoms with Gasteiger partial charge in [0.25, 0.3) is 5.91 Å². The highest BCUT2D eigenvalue weighted by Gasteiger charge is 2.33. The van der Waals surface area contributed by atoms with Gasteiger partial charge in [-0.1, -0.05) is 6.07 Å². The zero-order valence-corrected chi connectivity index (χ0v) is 12.3. The van der Waals surface area contributed by atoms with E-state index >= 15 is 0 Å². The maximum absolute atomic E-state index is 12.6. The van der Waals surface area contributed by atoms with Crippen LogP contribution in [0.3, 0.4) is 0 Å². The van der Waals surface area contributed by atoms with E-state index in [2.05, 4.69) is 20.2 Å². The van der Waals surface area contributed by atoms with Crippen LogP contribution in [-0.4, -0.2) is 48.6 Å². The predicted molar refractivity (Wildman–Crippen MR) is 82.0 cm³/mol. The molecule has 0 N–H and O–H groups in total. The summed E-state index contributed by atoms with van der Waals surface area (Å²) in [6, 6.07) is 9.35. The van der Waals surface area contributed by atoms with Crippen LogP contribution in [0, 0.1) is 0 Å². The molecule has 7 nitrogen and oxygen atoms in total. The summed E-state index contributed by atoms with van der Waals surface area (Å²) >= 11 is 0. The maximum atomic E-state index is 12.6. The van der Waals surface area contributed by atoms with Crippen LogP contribution in [0.4, 0.5) is 0 Å². The van der Waals surface area contributed by atoms with Gasteiger partial charge < -0.3 is 4.90 Å². The minimum absolute atomic E-state index is 0.00825. The number of aromatic nitrogens is 5. The van der Waals surface area contributed by atoms with Gasteiger partial charge in [-0.15, -0.1) is 10.2 Å². The molecule has 0 aromatic carbocycles. The third-order valence-electron chi connectivity index (χ3n) is 3.95. The third-order valence-corrected chi connectivity index (χ3v) is 3.95. The van der Waals surface area contributed by atoms with Crippen molar-refractivity contribution in [2.24, 2.45) is 0 Å². The lowest BCUT2D eigenvalue weighted by molar-refractivity contribution is 0.0598. The van der Waals surface area contributed by atoms with E-state index in [1.54, 1.807) is 41.7 Å². The number of nitrogens with zero attached hydrogens (tertiary/aromatic N) is 6. The monoisotopic (exact) mass is 306 g/mol. The molecule has 1 aliphatic heterocycles. The summed E-state index contributed by atoms with van der Waals surface area (Å²) in [4.78, 5) is 23.0. The molecule has 0 radical (unpaired) electrons. The van der Waals surface area contributed by atoms with Crippen molar-refractivity contribution in [1.82, 2.24) is 29.6 Å². The first kappa shape index (κ1) is 13.6. The summed E-state index contributed by atoms with van der Waals surface area (Å²) in [5.74, 6) is 0.955. The SMILES string of the molecule is O=C(c1ccnc(-n2cnnc2)c1)N1CC(c2ccccn2)C1. The van der Waals surface area contributed by atoms with Crippen LogP contribution in [0.15, 0.2) is 55.4 Å². The molecule has 7 heteroatoms. The van der Waals surface area contributed by atoms with Gasteiger partial charge in [0.2, 0.25) is 0 Å². The lowest BCUT2D eigenvalue weighted by Gasteiger charge is -2.39. The molecular weight excluding hydrogens is 292 g/mol. The van der Waals surface area contributed by atoms with Crippen molar-refractivity contribution in [3.63, 3.8) is 0 Å². The number of carbonyl (C=O) groups excluding carboxylic acids is 1. The predicted octanol–water partition coefficient (Wildman–Crippen LogP) is 1.30. The van der Waals surface area contributed by atoms with Gasteiger partial charge in [0, 0.05) is 42.7 Å². The fourth-order valence-electron chi connectivity index (χ4n) is 2.64. The van der Waals surface area contributed by atoms with Crippen LogP contribution in [0.5, 0.6) is 0 Å². The number of pyridine rings is 2. The first-order valence-corrected chi connectivity index (χ1v) is 7.32. The van der Waals surface area contributed by atoms with Gasteiger partial charge in [-0.25, -0.2) is 4.98 Å². The maximum Gasteiger partial charge on any atom is 0.254 e. The fraction of sp³-hybridized carbons (Fsp3) is 0.188. The molecule has 0 spiro atoms. The second kappa shape index (κ2) is 5.60. The molecule has 3 aromatic rings. The average molecular weight is 306 g/mol. The van der Waals surface area contributed by atoms with Gasteiger partial charge in [-0.2, -0.15) is 0 Å². The van der Waals surface area contributed by atoms with Gasteiger partial charge >= 0.3 is 0 Å². The first-order chi connectivity index (χ1) is 11.3. The van der Waals surface area contributed by atoms with Crippen molar-refractivity contribution < 1.29 is 4.79 Å². The topological polar surface area (TPSA) is 76.8 Å². The van der Waals surface area contributed by atoms with Crippen molar-refractivity contribution >= 4 is 5.91 Å². The van der Waals surface area contributed by atoms with Gasteiger partial charge in [0.15, 0.2) is 0 Å². The second-order valence-corrected chi connectivity index (χ2v) is 5.43. The van der Waals surface area contributed by atoms with Crippen LogP contribution >= 0.6 is 0 Å². The molecule has 1 amide bonds. The average Bonchev–Trinajstić information content (AvgIpc) is 3.09. The summed E-state index contributed by atoms with van der Waals surface area (Å²) in [6.45, 7) is 1.39. The molecule has 1 saturated heterocycles. The van der Waals surface area contributed by atoms with E-state index in [1.165, 1.54) is 0 Å². The molecule has 23 heavy (non-hydrogen) atoms. The molecule has 3 aromatic heterocycles. The van der Waals surface area contributed by atoms with E-state index in [1.807, 2.05) is 23.1 Å². The Labute approximate surface area is 132 Å². The van der Waals surface area contributed by atoms with Crippen LogP contribution in [0.25, 0.3) is 5.82 Å². The van der Waals surface area contributed by atoms with E-state index in [4.69, 9.17) is 0 Å². The molecule has 1 fully saturated rings. The van der Waals surface area contributed by atoms with Gasteiger partial charge in [0.1, 0.15) is 18.5 Å².